The Kier molecular flexibility index (Phi) is 3.93. The van der Waals surface area contributed by atoms with Crippen LogP contribution in [-0.2, 0) is 4.79 Å². The second-order valence-electron chi connectivity index (χ2n) is 3.51. The summed E-state index contributed by atoms with van der Waals surface area (Å²) in [5, 5.41) is 11.0. The zero-order chi connectivity index (χ0) is 13.1. The summed E-state index contributed by atoms with van der Waals surface area (Å²) in [6, 6.07) is 7.86. The third-order valence-electron chi connectivity index (χ3n) is 2.27. The van der Waals surface area contributed by atoms with Crippen LogP contribution in [0, 0.1) is 5.82 Å². The summed E-state index contributed by atoms with van der Waals surface area (Å²) in [4.78, 5) is 11.8. The molecule has 0 fully saturated rings. The van der Waals surface area contributed by atoms with Crippen molar-refractivity contribution in [3.05, 3.63) is 56.4 Å². The Morgan fingerprint density at radius 1 is 1.39 bits per heavy atom. The molecular weight excluding hydrogens is 319 g/mol. The van der Waals surface area contributed by atoms with Gasteiger partial charge in [-0.15, -0.1) is 11.3 Å². The molecule has 0 aliphatic carbocycles. The van der Waals surface area contributed by atoms with Crippen LogP contribution in [0.4, 0.5) is 4.39 Å². The Labute approximate surface area is 116 Å². The van der Waals surface area contributed by atoms with Crippen molar-refractivity contribution in [3.8, 4) is 0 Å². The SMILES string of the molecule is O=C(O)/C(=C\c1cc(Br)ccc1F)c1cccs1. The van der Waals surface area contributed by atoms with Crippen molar-refractivity contribution in [2.45, 2.75) is 0 Å². The number of rotatable bonds is 3. The monoisotopic (exact) mass is 326 g/mol. The number of benzene rings is 1. The molecule has 0 unspecified atom stereocenters. The van der Waals surface area contributed by atoms with Crippen molar-refractivity contribution < 1.29 is 14.3 Å². The van der Waals surface area contributed by atoms with Crippen LogP contribution in [0.15, 0.2) is 40.2 Å². The molecule has 1 N–H and O–H groups in total. The van der Waals surface area contributed by atoms with Crippen LogP contribution in [0.5, 0.6) is 0 Å². The molecule has 0 saturated heterocycles. The average Bonchev–Trinajstić information content (AvgIpc) is 2.83. The minimum absolute atomic E-state index is 0.0852. The minimum atomic E-state index is -1.07. The highest BCUT2D eigenvalue weighted by Crippen LogP contribution is 2.25. The third-order valence-corrected chi connectivity index (χ3v) is 3.67. The molecule has 2 nitrogen and oxygen atoms in total. The third kappa shape index (κ3) is 2.86. The lowest BCUT2D eigenvalue weighted by Crippen LogP contribution is -1.98. The van der Waals surface area contributed by atoms with Crippen LogP contribution >= 0.6 is 27.3 Å². The fraction of sp³-hybridized carbons (Fsp3) is 0. The summed E-state index contributed by atoms with van der Waals surface area (Å²) >= 11 is 4.54. The molecular formula is C13H8BrFO2S. The predicted molar refractivity (Wildman–Crippen MR) is 73.9 cm³/mol. The molecule has 0 radical (unpaired) electrons. The van der Waals surface area contributed by atoms with Gasteiger partial charge in [0.25, 0.3) is 0 Å². The molecule has 0 amide bonds. The van der Waals surface area contributed by atoms with E-state index < -0.39 is 11.8 Å². The van der Waals surface area contributed by atoms with E-state index in [-0.39, 0.29) is 11.1 Å². The molecule has 0 atom stereocenters. The molecule has 0 bridgehead atoms. The first-order valence-electron chi connectivity index (χ1n) is 5.02. The molecule has 18 heavy (non-hydrogen) atoms. The van der Waals surface area contributed by atoms with Gasteiger partial charge in [0.1, 0.15) is 5.82 Å². The molecule has 0 aliphatic heterocycles. The number of carboxylic acid groups (broad SMARTS) is 1. The van der Waals surface area contributed by atoms with E-state index in [1.165, 1.54) is 23.5 Å². The fourth-order valence-electron chi connectivity index (χ4n) is 1.45. The number of thiophene rings is 1. The molecule has 1 aromatic carbocycles. The number of carbonyl (C=O) groups is 1. The van der Waals surface area contributed by atoms with Gasteiger partial charge in [-0.3, -0.25) is 0 Å². The van der Waals surface area contributed by atoms with E-state index in [0.717, 1.165) is 0 Å². The van der Waals surface area contributed by atoms with Crippen LogP contribution < -0.4 is 0 Å². The number of hydrogen-bond donors (Lipinski definition) is 1. The van der Waals surface area contributed by atoms with Gasteiger partial charge >= 0.3 is 5.97 Å². The quantitative estimate of drug-likeness (QED) is 0.855. The highest BCUT2D eigenvalue weighted by atomic mass is 79.9. The van der Waals surface area contributed by atoms with Gasteiger partial charge in [-0.1, -0.05) is 22.0 Å². The van der Waals surface area contributed by atoms with Gasteiger partial charge in [-0.25, -0.2) is 9.18 Å². The second kappa shape index (κ2) is 5.46. The van der Waals surface area contributed by atoms with E-state index in [2.05, 4.69) is 15.9 Å². The largest absolute Gasteiger partial charge is 0.478 e. The van der Waals surface area contributed by atoms with Crippen molar-refractivity contribution in [1.29, 1.82) is 0 Å². The van der Waals surface area contributed by atoms with Crippen LogP contribution in [0.3, 0.4) is 0 Å². The van der Waals surface area contributed by atoms with Gasteiger partial charge < -0.3 is 5.11 Å². The molecule has 0 saturated carbocycles. The predicted octanol–water partition coefficient (Wildman–Crippen LogP) is 4.27. The van der Waals surface area contributed by atoms with E-state index in [4.69, 9.17) is 0 Å². The Morgan fingerprint density at radius 2 is 2.17 bits per heavy atom. The maximum absolute atomic E-state index is 13.6. The number of carboxylic acids is 1. The number of halogens is 2. The maximum atomic E-state index is 13.6. The summed E-state index contributed by atoms with van der Waals surface area (Å²) in [6.07, 6.45) is 1.34. The lowest BCUT2D eigenvalue weighted by Gasteiger charge is -2.02. The maximum Gasteiger partial charge on any atom is 0.337 e. The number of hydrogen-bond acceptors (Lipinski definition) is 2. The first-order chi connectivity index (χ1) is 8.58. The lowest BCUT2D eigenvalue weighted by atomic mass is 10.1. The number of aliphatic carboxylic acids is 1. The van der Waals surface area contributed by atoms with Crippen molar-refractivity contribution in [3.63, 3.8) is 0 Å². The second-order valence-corrected chi connectivity index (χ2v) is 5.37. The summed E-state index contributed by atoms with van der Waals surface area (Å²) < 4.78 is 14.3. The van der Waals surface area contributed by atoms with Crippen molar-refractivity contribution in [1.82, 2.24) is 0 Å². The minimum Gasteiger partial charge on any atom is -0.478 e. The average molecular weight is 327 g/mol. The van der Waals surface area contributed by atoms with E-state index in [0.29, 0.717) is 9.35 Å². The van der Waals surface area contributed by atoms with E-state index in [1.807, 2.05) is 0 Å². The van der Waals surface area contributed by atoms with Crippen molar-refractivity contribution in [2.24, 2.45) is 0 Å². The Balaban J connectivity index is 2.52. The van der Waals surface area contributed by atoms with Crippen molar-refractivity contribution >= 4 is 44.9 Å². The van der Waals surface area contributed by atoms with Gasteiger partial charge in [-0.05, 0) is 35.7 Å². The van der Waals surface area contributed by atoms with E-state index in [9.17, 15) is 14.3 Å². The zero-order valence-corrected chi connectivity index (χ0v) is 11.5. The first-order valence-corrected chi connectivity index (χ1v) is 6.69. The molecule has 1 heterocycles. The first kappa shape index (κ1) is 13.0. The lowest BCUT2D eigenvalue weighted by molar-refractivity contribution is -0.130. The fourth-order valence-corrected chi connectivity index (χ4v) is 2.56. The normalized spacial score (nSPS) is 11.6. The Morgan fingerprint density at radius 3 is 2.78 bits per heavy atom. The van der Waals surface area contributed by atoms with Crippen LogP contribution in [0.25, 0.3) is 11.6 Å². The molecule has 0 spiro atoms. The Hall–Kier alpha value is -1.46. The topological polar surface area (TPSA) is 37.3 Å². The Bertz CT molecular complexity index is 605. The highest BCUT2D eigenvalue weighted by molar-refractivity contribution is 9.10. The van der Waals surface area contributed by atoms with Crippen LogP contribution in [0.2, 0.25) is 0 Å². The van der Waals surface area contributed by atoms with Crippen molar-refractivity contribution in [2.75, 3.05) is 0 Å². The summed E-state index contributed by atoms with van der Waals surface area (Å²) in [7, 11) is 0. The molecule has 0 aliphatic rings. The molecule has 2 aromatic rings. The summed E-state index contributed by atoms with van der Waals surface area (Å²) in [5.74, 6) is -1.52. The van der Waals surface area contributed by atoms with E-state index in [1.54, 1.807) is 29.6 Å². The highest BCUT2D eigenvalue weighted by Gasteiger charge is 2.12. The standard InChI is InChI=1S/C13H8BrFO2S/c14-9-3-4-11(15)8(6-9)7-10(13(16)17)12-2-1-5-18-12/h1-7H,(H,16,17)/b10-7-. The molecule has 2 rings (SSSR count). The van der Waals surface area contributed by atoms with Gasteiger partial charge in [-0.2, -0.15) is 0 Å². The van der Waals surface area contributed by atoms with E-state index >= 15 is 0 Å². The zero-order valence-electron chi connectivity index (χ0n) is 9.06. The molecule has 5 heteroatoms. The summed E-state index contributed by atoms with van der Waals surface area (Å²) in [5.41, 5.74) is 0.331. The van der Waals surface area contributed by atoms with Crippen LogP contribution in [-0.4, -0.2) is 11.1 Å². The van der Waals surface area contributed by atoms with Gasteiger partial charge in [0.05, 0.1) is 5.57 Å². The molecule has 92 valence electrons. The van der Waals surface area contributed by atoms with Gasteiger partial charge in [0.15, 0.2) is 0 Å². The molecule has 1 aromatic heterocycles. The summed E-state index contributed by atoms with van der Waals surface area (Å²) in [6.45, 7) is 0. The van der Waals surface area contributed by atoms with Gasteiger partial charge in [0, 0.05) is 14.9 Å². The smallest absolute Gasteiger partial charge is 0.337 e. The van der Waals surface area contributed by atoms with Gasteiger partial charge in [0.2, 0.25) is 0 Å². The van der Waals surface area contributed by atoms with Crippen LogP contribution in [0.1, 0.15) is 10.4 Å².